The highest BCUT2D eigenvalue weighted by Crippen LogP contribution is 2.37. The Morgan fingerprint density at radius 1 is 1.23 bits per heavy atom. The molecule has 2 aliphatic carbocycles. The molecule has 0 spiro atoms. The molecule has 4 atom stereocenters. The number of Topliss-reactive ketones (excluding diaryl/α,β-unsaturated/α-hetero) is 1. The lowest BCUT2D eigenvalue weighted by Crippen LogP contribution is -2.33. The Labute approximate surface area is 208 Å². The van der Waals surface area contributed by atoms with Gasteiger partial charge >= 0.3 is 0 Å². The lowest BCUT2D eigenvalue weighted by atomic mass is 9.83. The molecule has 6 nitrogen and oxygen atoms in total. The summed E-state index contributed by atoms with van der Waals surface area (Å²) in [5.41, 5.74) is 4.24. The number of ether oxygens (including phenoxy) is 2. The number of aliphatic hydroxyl groups is 1. The maximum atomic E-state index is 13.3. The van der Waals surface area contributed by atoms with Crippen LogP contribution in [0.3, 0.4) is 0 Å². The van der Waals surface area contributed by atoms with Crippen LogP contribution in [-0.4, -0.2) is 42.6 Å². The summed E-state index contributed by atoms with van der Waals surface area (Å²) in [5, 5.41) is 26.2. The number of nitrogens with one attached hydrogen (secondary N) is 2. The number of aliphatic hydroxyl groups excluding tert-OH is 1. The van der Waals surface area contributed by atoms with E-state index in [1.165, 1.54) is 24.4 Å². The van der Waals surface area contributed by atoms with Gasteiger partial charge in [0, 0.05) is 25.6 Å². The first-order valence-corrected chi connectivity index (χ1v) is 13.1. The van der Waals surface area contributed by atoms with E-state index in [0.717, 1.165) is 80.6 Å². The smallest absolute Gasteiger partial charge is 0.151 e. The van der Waals surface area contributed by atoms with Gasteiger partial charge in [0.25, 0.3) is 0 Å². The molecule has 1 heterocycles. The molecule has 3 aliphatic rings. The van der Waals surface area contributed by atoms with Crippen LogP contribution in [0, 0.1) is 35.5 Å². The van der Waals surface area contributed by atoms with Crippen molar-refractivity contribution in [2.24, 2.45) is 17.8 Å². The second kappa shape index (κ2) is 11.9. The first-order chi connectivity index (χ1) is 17.0. The molecule has 1 fully saturated rings. The van der Waals surface area contributed by atoms with Crippen molar-refractivity contribution in [1.82, 2.24) is 0 Å². The summed E-state index contributed by atoms with van der Waals surface area (Å²) in [6, 6.07) is 1.99. The Kier molecular flexibility index (Phi) is 8.69. The van der Waals surface area contributed by atoms with Crippen molar-refractivity contribution in [3.8, 4) is 5.75 Å². The summed E-state index contributed by atoms with van der Waals surface area (Å²) in [7, 11) is 0. The maximum absolute atomic E-state index is 13.3. The minimum atomic E-state index is -0.914. The molecule has 6 heteroatoms. The topological polar surface area (TPSA) is 103 Å². The molecule has 0 amide bonds. The van der Waals surface area contributed by atoms with Crippen LogP contribution in [0.5, 0.6) is 5.75 Å². The van der Waals surface area contributed by atoms with Gasteiger partial charge in [0.05, 0.1) is 17.9 Å². The number of aryl methyl sites for hydroxylation is 1. The highest BCUT2D eigenvalue weighted by atomic mass is 16.5. The van der Waals surface area contributed by atoms with E-state index in [9.17, 15) is 9.90 Å². The van der Waals surface area contributed by atoms with E-state index in [1.807, 2.05) is 13.0 Å². The number of hydrogen-bond donors (Lipinski definition) is 3. The molecule has 35 heavy (non-hydrogen) atoms. The fourth-order valence-electron chi connectivity index (χ4n) is 5.73. The summed E-state index contributed by atoms with van der Waals surface area (Å²) in [6.07, 6.45) is 15.6. The monoisotopic (exact) mass is 478 g/mol. The number of benzene rings is 1. The summed E-state index contributed by atoms with van der Waals surface area (Å²) in [6.45, 7) is 3.65. The molecule has 0 saturated carbocycles. The second-order valence-electron chi connectivity index (χ2n) is 10.1. The fourth-order valence-corrected chi connectivity index (χ4v) is 5.73. The predicted molar refractivity (Wildman–Crippen MR) is 138 cm³/mol. The molecule has 4 rings (SSSR count). The van der Waals surface area contributed by atoms with Gasteiger partial charge in [0.15, 0.2) is 5.78 Å². The van der Waals surface area contributed by atoms with Crippen LogP contribution >= 0.6 is 0 Å². The molecule has 0 aromatic heterocycles. The summed E-state index contributed by atoms with van der Waals surface area (Å²) >= 11 is 0. The van der Waals surface area contributed by atoms with Gasteiger partial charge in [-0.3, -0.25) is 4.79 Å². The van der Waals surface area contributed by atoms with E-state index in [0.29, 0.717) is 18.1 Å². The standard InChI is InChI=1S/C29H38N2O4/c1-19-15-22(18-31)24-8-3-9-25(24)29(19)35-23-10-11-27(32)26(16-23)28(33)21(17-30)7-2-5-20-6-4-13-34-14-12-20/h10-11,15-18,20-21,26-27,30-32H,2-9,12-14H2,1H3. The van der Waals surface area contributed by atoms with Crippen molar-refractivity contribution < 1.29 is 19.4 Å². The number of allylic oxidation sites excluding steroid dienone is 1. The van der Waals surface area contributed by atoms with Crippen LogP contribution in [-0.2, 0) is 22.4 Å². The van der Waals surface area contributed by atoms with Gasteiger partial charge < -0.3 is 25.4 Å². The molecular weight excluding hydrogens is 440 g/mol. The molecule has 188 valence electrons. The van der Waals surface area contributed by atoms with Crippen molar-refractivity contribution in [3.05, 3.63) is 52.3 Å². The summed E-state index contributed by atoms with van der Waals surface area (Å²) < 4.78 is 11.9. The third-order valence-corrected chi connectivity index (χ3v) is 7.71. The van der Waals surface area contributed by atoms with Crippen molar-refractivity contribution in [1.29, 1.82) is 10.8 Å². The van der Waals surface area contributed by atoms with Gasteiger partial charge in [-0.1, -0.05) is 18.9 Å². The third kappa shape index (κ3) is 5.99. The zero-order valence-corrected chi connectivity index (χ0v) is 20.7. The highest BCUT2D eigenvalue weighted by Gasteiger charge is 2.32. The highest BCUT2D eigenvalue weighted by molar-refractivity contribution is 5.97. The normalized spacial score (nSPS) is 24.7. The maximum Gasteiger partial charge on any atom is 0.151 e. The Morgan fingerprint density at radius 2 is 2.06 bits per heavy atom. The Morgan fingerprint density at radius 3 is 2.86 bits per heavy atom. The van der Waals surface area contributed by atoms with Crippen molar-refractivity contribution in [3.63, 3.8) is 0 Å². The number of carbonyl (C=O) groups excluding carboxylic acids is 1. The van der Waals surface area contributed by atoms with Crippen molar-refractivity contribution >= 4 is 18.2 Å². The van der Waals surface area contributed by atoms with Crippen LogP contribution < -0.4 is 4.74 Å². The molecule has 1 aliphatic heterocycles. The van der Waals surface area contributed by atoms with Crippen LogP contribution in [0.25, 0.3) is 0 Å². The minimum Gasteiger partial charge on any atom is -0.457 e. The molecular formula is C29H38N2O4. The van der Waals surface area contributed by atoms with Gasteiger partial charge in [0.1, 0.15) is 11.5 Å². The van der Waals surface area contributed by atoms with E-state index >= 15 is 0 Å². The van der Waals surface area contributed by atoms with Crippen LogP contribution in [0.2, 0.25) is 0 Å². The lowest BCUT2D eigenvalue weighted by molar-refractivity contribution is -0.125. The predicted octanol–water partition coefficient (Wildman–Crippen LogP) is 5.11. The van der Waals surface area contributed by atoms with E-state index in [2.05, 4.69) is 0 Å². The summed E-state index contributed by atoms with van der Waals surface area (Å²) in [5.74, 6) is 0.642. The lowest BCUT2D eigenvalue weighted by Gasteiger charge is -2.25. The number of rotatable bonds is 10. The van der Waals surface area contributed by atoms with Gasteiger partial charge in [-0.05, 0) is 98.3 Å². The van der Waals surface area contributed by atoms with Crippen LogP contribution in [0.1, 0.15) is 67.2 Å². The van der Waals surface area contributed by atoms with Gasteiger partial charge in [-0.25, -0.2) is 0 Å². The molecule has 1 aromatic rings. The largest absolute Gasteiger partial charge is 0.457 e. The average Bonchev–Trinajstić information content (AvgIpc) is 3.21. The van der Waals surface area contributed by atoms with Crippen molar-refractivity contribution in [2.45, 2.75) is 70.8 Å². The molecule has 4 unspecified atom stereocenters. The first-order valence-electron chi connectivity index (χ1n) is 13.1. The molecule has 1 saturated heterocycles. The molecule has 0 radical (unpaired) electrons. The van der Waals surface area contributed by atoms with E-state index in [4.69, 9.17) is 20.3 Å². The minimum absolute atomic E-state index is 0.122. The van der Waals surface area contributed by atoms with Gasteiger partial charge in [0.2, 0.25) is 0 Å². The fraction of sp³-hybridized carbons (Fsp3) is 0.552. The van der Waals surface area contributed by atoms with E-state index in [1.54, 1.807) is 18.2 Å². The third-order valence-electron chi connectivity index (χ3n) is 7.71. The Bertz CT molecular complexity index is 1000. The quantitative estimate of drug-likeness (QED) is 0.406. The molecule has 3 N–H and O–H groups in total. The van der Waals surface area contributed by atoms with Gasteiger partial charge in [-0.15, -0.1) is 0 Å². The molecule has 0 bridgehead atoms. The second-order valence-corrected chi connectivity index (χ2v) is 10.1. The number of hydrogen-bond acceptors (Lipinski definition) is 6. The SMILES string of the molecule is Cc1cc(C=N)c2c(c1OC1=CC(C(=O)C(C=N)CCCC3CCCOCC3)C(O)C=C1)CCC2. The zero-order valence-electron chi connectivity index (χ0n) is 20.7. The zero-order chi connectivity index (χ0) is 24.8. The summed E-state index contributed by atoms with van der Waals surface area (Å²) in [4.78, 5) is 13.3. The van der Waals surface area contributed by atoms with E-state index < -0.39 is 17.9 Å². The van der Waals surface area contributed by atoms with Crippen molar-refractivity contribution in [2.75, 3.05) is 13.2 Å². The number of ketones is 1. The van der Waals surface area contributed by atoms with Crippen LogP contribution in [0.15, 0.2) is 30.1 Å². The van der Waals surface area contributed by atoms with Crippen LogP contribution in [0.4, 0.5) is 0 Å². The Balaban J connectivity index is 1.43. The number of fused-ring (bicyclic) bond motifs is 1. The Hall–Kier alpha value is -2.57. The number of carbonyl (C=O) groups is 1. The average molecular weight is 479 g/mol. The van der Waals surface area contributed by atoms with E-state index in [-0.39, 0.29) is 5.78 Å². The first kappa shape index (κ1) is 25.5. The van der Waals surface area contributed by atoms with Gasteiger partial charge in [-0.2, -0.15) is 0 Å². The molecule has 1 aromatic carbocycles.